The quantitative estimate of drug-likeness (QED) is 0.0728. The monoisotopic (exact) mass is 655 g/mol. The van der Waals surface area contributed by atoms with Crippen LogP contribution in [-0.4, -0.2) is 52.4 Å². The van der Waals surface area contributed by atoms with Crippen LogP contribution in [-0.2, 0) is 22.6 Å². The summed E-state index contributed by atoms with van der Waals surface area (Å²) in [6, 6.07) is 21.9. The van der Waals surface area contributed by atoms with Gasteiger partial charge >= 0.3 is 0 Å². The number of halogens is 4. The fourth-order valence-corrected chi connectivity index (χ4v) is 5.92. The molecule has 1 aliphatic rings. The van der Waals surface area contributed by atoms with E-state index in [-0.39, 0.29) is 36.3 Å². The number of benzene rings is 4. The number of ketones is 1. The fourth-order valence-electron chi connectivity index (χ4n) is 5.92. The zero-order valence-corrected chi connectivity index (χ0v) is 25.5. The van der Waals surface area contributed by atoms with Crippen molar-refractivity contribution in [3.8, 4) is 0 Å². The smallest absolute Gasteiger partial charge is 0.294 e. The van der Waals surface area contributed by atoms with Gasteiger partial charge in [-0.2, -0.15) is 0 Å². The van der Waals surface area contributed by atoms with Crippen molar-refractivity contribution >= 4 is 33.9 Å². The summed E-state index contributed by atoms with van der Waals surface area (Å²) < 4.78 is 57.9. The number of rotatable bonds is 8. The number of carbonyl (C=O) groups excluding carboxylic acids is 2. The summed E-state index contributed by atoms with van der Waals surface area (Å²) in [4.78, 5) is 43.1. The van der Waals surface area contributed by atoms with Crippen LogP contribution in [0.15, 0.2) is 102 Å². The highest BCUT2D eigenvalue weighted by Crippen LogP contribution is 2.28. The lowest BCUT2D eigenvalue weighted by molar-refractivity contribution is -0.142. The van der Waals surface area contributed by atoms with Gasteiger partial charge in [0.25, 0.3) is 11.5 Å². The first-order valence-corrected chi connectivity index (χ1v) is 15.2. The number of hydrogen-bond donors (Lipinski definition) is 1. The molecular weight excluding hydrogens is 626 g/mol. The minimum absolute atomic E-state index is 0.114. The van der Waals surface area contributed by atoms with Gasteiger partial charge in [-0.1, -0.05) is 54.6 Å². The Hall–Kier alpha value is -5.71. The Morgan fingerprint density at radius 2 is 1.50 bits per heavy atom. The van der Waals surface area contributed by atoms with Gasteiger partial charge in [-0.25, -0.2) is 17.6 Å². The fraction of sp³-hybridized carbons (Fsp3) is 0.162. The number of fused-ring (bicyclic) bond motifs is 1. The molecule has 1 saturated heterocycles. The highest BCUT2D eigenvalue weighted by atomic mass is 19.2. The van der Waals surface area contributed by atoms with E-state index in [2.05, 4.69) is 4.90 Å². The number of carbonyl (C=O) groups is 2. The van der Waals surface area contributed by atoms with E-state index in [0.29, 0.717) is 25.2 Å². The van der Waals surface area contributed by atoms with E-state index in [1.165, 1.54) is 29.3 Å². The summed E-state index contributed by atoms with van der Waals surface area (Å²) >= 11 is 0. The first-order valence-electron chi connectivity index (χ1n) is 15.2. The summed E-state index contributed by atoms with van der Waals surface area (Å²) in [7, 11) is 0. The predicted octanol–water partition coefficient (Wildman–Crippen LogP) is 6.01. The number of aromatic nitrogens is 1. The van der Waals surface area contributed by atoms with Crippen LogP contribution in [0.5, 0.6) is 0 Å². The van der Waals surface area contributed by atoms with Crippen molar-refractivity contribution in [3.63, 3.8) is 0 Å². The van der Waals surface area contributed by atoms with Gasteiger partial charge in [-0.3, -0.25) is 14.4 Å². The molecule has 0 saturated carbocycles. The number of amides is 1. The van der Waals surface area contributed by atoms with Gasteiger partial charge in [0.2, 0.25) is 5.78 Å². The molecule has 0 unspecified atom stereocenters. The topological polar surface area (TPSA) is 82.8 Å². The van der Waals surface area contributed by atoms with Gasteiger partial charge in [0.1, 0.15) is 17.4 Å². The van der Waals surface area contributed by atoms with E-state index < -0.39 is 58.3 Å². The Kier molecular flexibility index (Phi) is 9.11. The van der Waals surface area contributed by atoms with Crippen molar-refractivity contribution < 1.29 is 32.3 Å². The molecule has 1 fully saturated rings. The minimum atomic E-state index is -1.41. The van der Waals surface area contributed by atoms with Crippen molar-refractivity contribution in [1.29, 1.82) is 0 Å². The molecule has 11 heteroatoms. The maximum Gasteiger partial charge on any atom is 0.294 e. The van der Waals surface area contributed by atoms with Crippen molar-refractivity contribution in [2.75, 3.05) is 31.1 Å². The molecule has 1 amide bonds. The molecule has 5 aromatic rings. The molecule has 4 aromatic carbocycles. The van der Waals surface area contributed by atoms with Crippen LogP contribution in [0.1, 0.15) is 22.3 Å². The number of aliphatic hydroxyl groups excluding tert-OH is 1. The maximum atomic E-state index is 14.5. The maximum absolute atomic E-state index is 14.5. The molecule has 1 N–H and O–H groups in total. The Morgan fingerprint density at radius 3 is 2.27 bits per heavy atom. The molecule has 1 aliphatic heterocycles. The van der Waals surface area contributed by atoms with Gasteiger partial charge < -0.3 is 19.5 Å². The van der Waals surface area contributed by atoms with Crippen LogP contribution in [0.4, 0.5) is 23.2 Å². The minimum Gasteiger partial charge on any atom is -0.507 e. The second-order valence-corrected chi connectivity index (χ2v) is 11.5. The van der Waals surface area contributed by atoms with Gasteiger partial charge in [0.15, 0.2) is 11.6 Å². The van der Waals surface area contributed by atoms with E-state index >= 15 is 0 Å². The van der Waals surface area contributed by atoms with E-state index in [0.717, 1.165) is 33.2 Å². The van der Waals surface area contributed by atoms with Crippen LogP contribution in [0.2, 0.25) is 0 Å². The van der Waals surface area contributed by atoms with Crippen molar-refractivity contribution in [1.82, 2.24) is 9.47 Å². The number of hydrogen-bond acceptors (Lipinski definition) is 5. The lowest BCUT2D eigenvalue weighted by Gasteiger charge is -2.36. The first-order chi connectivity index (χ1) is 23.1. The molecule has 6 rings (SSSR count). The second-order valence-electron chi connectivity index (χ2n) is 11.5. The molecule has 7 nitrogen and oxygen atoms in total. The number of anilines is 1. The average molecular weight is 656 g/mol. The molecule has 2 heterocycles. The largest absolute Gasteiger partial charge is 0.507 e. The van der Waals surface area contributed by atoms with Crippen molar-refractivity contribution in [2.45, 2.75) is 13.0 Å². The molecule has 244 valence electrons. The average Bonchev–Trinajstić information content (AvgIpc) is 3.08. The third kappa shape index (κ3) is 6.71. The van der Waals surface area contributed by atoms with Crippen LogP contribution >= 0.6 is 0 Å². The molecular formula is C37H29F4N3O4. The summed E-state index contributed by atoms with van der Waals surface area (Å²) in [5, 5.41) is 13.1. The van der Waals surface area contributed by atoms with E-state index in [4.69, 9.17) is 0 Å². The molecule has 0 radical (unpaired) electrons. The van der Waals surface area contributed by atoms with Crippen molar-refractivity contribution in [2.24, 2.45) is 0 Å². The number of aliphatic hydroxyl groups is 1. The third-order valence-corrected chi connectivity index (χ3v) is 8.33. The van der Waals surface area contributed by atoms with Crippen molar-refractivity contribution in [3.05, 3.63) is 153 Å². The molecule has 0 atom stereocenters. The van der Waals surface area contributed by atoms with E-state index in [1.54, 1.807) is 6.07 Å². The van der Waals surface area contributed by atoms with Crippen LogP contribution in [0, 0.1) is 23.3 Å². The number of pyridine rings is 1. The zero-order chi connectivity index (χ0) is 33.9. The Balaban J connectivity index is 1.25. The molecule has 0 aliphatic carbocycles. The van der Waals surface area contributed by atoms with Gasteiger partial charge in [0, 0.05) is 67.6 Å². The molecule has 0 spiro atoms. The first kappa shape index (κ1) is 32.2. The Labute approximate surface area is 272 Å². The van der Waals surface area contributed by atoms with Gasteiger partial charge in [-0.05, 0) is 40.8 Å². The van der Waals surface area contributed by atoms with Gasteiger partial charge in [-0.15, -0.1) is 0 Å². The summed E-state index contributed by atoms with van der Waals surface area (Å²) in [5.74, 6) is -7.14. The van der Waals surface area contributed by atoms with E-state index in [9.17, 15) is 37.1 Å². The third-order valence-electron chi connectivity index (χ3n) is 8.33. The summed E-state index contributed by atoms with van der Waals surface area (Å²) in [6.45, 7) is 1.09. The molecule has 0 bridgehead atoms. The molecule has 1 aromatic heterocycles. The van der Waals surface area contributed by atoms with Gasteiger partial charge in [0.05, 0.1) is 12.1 Å². The SMILES string of the molecule is O=C(C=C(O)c1cc(Cc2cc(F)cc(F)c2F)cn(Cc2ccccc2F)c1=O)C(=O)N1CCN(c2cccc3ccccc23)CC1. The predicted molar refractivity (Wildman–Crippen MR) is 174 cm³/mol. The van der Waals surface area contributed by atoms with E-state index in [1.807, 2.05) is 42.5 Å². The second kappa shape index (κ2) is 13.6. The van der Waals surface area contributed by atoms with Crippen LogP contribution in [0.25, 0.3) is 16.5 Å². The highest BCUT2D eigenvalue weighted by Gasteiger charge is 2.27. The van der Waals surface area contributed by atoms with Crippen LogP contribution < -0.4 is 10.5 Å². The number of nitrogens with zero attached hydrogens (tertiary/aromatic N) is 3. The van der Waals surface area contributed by atoms with Crippen LogP contribution in [0.3, 0.4) is 0 Å². The molecule has 48 heavy (non-hydrogen) atoms. The lowest BCUT2D eigenvalue weighted by atomic mass is 10.0. The highest BCUT2D eigenvalue weighted by molar-refractivity contribution is 6.41. The summed E-state index contributed by atoms with van der Waals surface area (Å²) in [6.07, 6.45) is 1.47. The Bertz CT molecular complexity index is 2130. The number of piperazine rings is 1. The zero-order valence-electron chi connectivity index (χ0n) is 25.5. The standard InChI is InChI=1S/C37H29F4N3O4/c38-27-18-26(35(41)31(40)19-27)16-23-17-29(36(47)44(21-23)22-25-7-2-4-10-30(25)39)33(45)20-34(46)37(48)43-14-12-42(13-15-43)32-11-5-8-24-6-1-3-9-28(24)32/h1-11,17-21,45H,12-16,22H2. The summed E-state index contributed by atoms with van der Waals surface area (Å²) in [5.41, 5.74) is -0.409. The Morgan fingerprint density at radius 1 is 0.792 bits per heavy atom. The normalized spacial score (nSPS) is 13.6. The lowest BCUT2D eigenvalue weighted by Crippen LogP contribution is -2.50.